The predicted octanol–water partition coefficient (Wildman–Crippen LogP) is 4.78. The molecule has 4 nitrogen and oxygen atoms in total. The molecule has 0 saturated heterocycles. The highest BCUT2D eigenvalue weighted by Gasteiger charge is 2.31. The van der Waals surface area contributed by atoms with Crippen LogP contribution in [-0.4, -0.2) is 30.3 Å². The molecule has 0 unspecified atom stereocenters. The van der Waals surface area contributed by atoms with E-state index in [0.717, 1.165) is 44.5 Å². The van der Waals surface area contributed by atoms with Gasteiger partial charge in [0.25, 0.3) is 0 Å². The summed E-state index contributed by atoms with van der Waals surface area (Å²) < 4.78 is 11.3. The molecule has 1 N–H and O–H groups in total. The molecule has 0 aromatic carbocycles. The Morgan fingerprint density at radius 2 is 1.92 bits per heavy atom. The molecule has 2 rings (SSSR count). The number of nitrogens with zero attached hydrogens (tertiary/aromatic N) is 1. The van der Waals surface area contributed by atoms with Gasteiger partial charge in [0, 0.05) is 20.2 Å². The molecule has 0 aliphatic rings. The highest BCUT2D eigenvalue weighted by molar-refractivity contribution is 7.07. The molecule has 140 valence electrons. The molecule has 0 fully saturated rings. The molecule has 25 heavy (non-hydrogen) atoms. The molecule has 2 aromatic rings. The maximum Gasteiger partial charge on any atom is 0.135 e. The van der Waals surface area contributed by atoms with Crippen molar-refractivity contribution in [2.45, 2.75) is 58.2 Å². The van der Waals surface area contributed by atoms with Gasteiger partial charge in [-0.1, -0.05) is 26.7 Å². The Morgan fingerprint density at radius 3 is 2.52 bits per heavy atom. The third-order valence-corrected chi connectivity index (χ3v) is 5.16. The Bertz CT molecular complexity index is 588. The topological polar surface area (TPSA) is 45.8 Å². The van der Waals surface area contributed by atoms with Gasteiger partial charge in [-0.3, -0.25) is 4.90 Å². The molecule has 0 bridgehead atoms. The van der Waals surface area contributed by atoms with Crippen molar-refractivity contribution in [3.05, 3.63) is 46.0 Å². The summed E-state index contributed by atoms with van der Waals surface area (Å²) in [5, 5.41) is 15.2. The number of rotatable bonds is 12. The Balaban J connectivity index is 2.07. The van der Waals surface area contributed by atoms with Crippen LogP contribution >= 0.6 is 11.3 Å². The van der Waals surface area contributed by atoms with Crippen LogP contribution in [0.15, 0.2) is 33.4 Å². The van der Waals surface area contributed by atoms with Gasteiger partial charge in [-0.05, 0) is 47.4 Å². The number of ether oxygens (including phenoxy) is 1. The Labute approximate surface area is 155 Å². The maximum atomic E-state index is 11.0. The van der Waals surface area contributed by atoms with E-state index < -0.39 is 5.60 Å². The molecule has 0 aliphatic carbocycles. The minimum Gasteiger partial charge on any atom is -0.462 e. The second-order valence-electron chi connectivity index (χ2n) is 6.63. The Hall–Kier alpha value is -1.14. The first-order chi connectivity index (χ1) is 12.1. The first-order valence-corrected chi connectivity index (χ1v) is 10.1. The van der Waals surface area contributed by atoms with Crippen LogP contribution < -0.4 is 0 Å². The highest BCUT2D eigenvalue weighted by atomic mass is 32.1. The fraction of sp³-hybridized carbons (Fsp3) is 0.600. The van der Waals surface area contributed by atoms with Gasteiger partial charge in [0.15, 0.2) is 0 Å². The molecular weight excluding hydrogens is 334 g/mol. The van der Waals surface area contributed by atoms with Crippen LogP contribution in [0.3, 0.4) is 0 Å². The molecule has 0 aliphatic heterocycles. The number of hydrogen-bond donors (Lipinski definition) is 1. The van der Waals surface area contributed by atoms with Crippen molar-refractivity contribution in [3.63, 3.8) is 0 Å². The van der Waals surface area contributed by atoms with Crippen LogP contribution in [0.4, 0.5) is 0 Å². The zero-order chi connectivity index (χ0) is 18.1. The van der Waals surface area contributed by atoms with Gasteiger partial charge in [-0.2, -0.15) is 11.3 Å². The van der Waals surface area contributed by atoms with E-state index in [0.29, 0.717) is 18.9 Å². The molecular formula is C20H31NO3S. The highest BCUT2D eigenvalue weighted by Crippen LogP contribution is 2.33. The van der Waals surface area contributed by atoms with Gasteiger partial charge < -0.3 is 14.3 Å². The zero-order valence-corrected chi connectivity index (χ0v) is 16.5. The van der Waals surface area contributed by atoms with Gasteiger partial charge in [-0.15, -0.1) is 0 Å². The van der Waals surface area contributed by atoms with E-state index in [4.69, 9.17) is 9.15 Å². The maximum absolute atomic E-state index is 11.0. The minimum atomic E-state index is -0.841. The minimum absolute atomic E-state index is 0.688. The summed E-state index contributed by atoms with van der Waals surface area (Å²) in [7, 11) is 1.73. The van der Waals surface area contributed by atoms with Gasteiger partial charge in [-0.25, -0.2) is 0 Å². The van der Waals surface area contributed by atoms with Crippen LogP contribution in [0.5, 0.6) is 0 Å². The standard InChI is InChI=1S/C20H31NO3S/c1-4-9-20(22,10-5-2)19-7-6-18(24-19)15-21(11-12-23-3)14-17-8-13-25-16-17/h6-8,13,16,22H,4-5,9-12,14-15H2,1-3H3. The molecule has 0 atom stereocenters. The predicted molar refractivity (Wildman–Crippen MR) is 103 cm³/mol. The van der Waals surface area contributed by atoms with E-state index in [1.807, 2.05) is 12.1 Å². The fourth-order valence-electron chi connectivity index (χ4n) is 3.21. The quantitative estimate of drug-likeness (QED) is 0.588. The van der Waals surface area contributed by atoms with E-state index in [-0.39, 0.29) is 0 Å². The smallest absolute Gasteiger partial charge is 0.135 e. The Morgan fingerprint density at radius 1 is 1.16 bits per heavy atom. The summed E-state index contributed by atoms with van der Waals surface area (Å²) in [6, 6.07) is 6.10. The Kier molecular flexibility index (Phi) is 8.16. The van der Waals surface area contributed by atoms with Crippen molar-refractivity contribution in [1.82, 2.24) is 4.90 Å². The van der Waals surface area contributed by atoms with E-state index in [2.05, 4.69) is 35.6 Å². The molecule has 0 amide bonds. The number of thiophene rings is 1. The van der Waals surface area contributed by atoms with Gasteiger partial charge >= 0.3 is 0 Å². The summed E-state index contributed by atoms with van der Waals surface area (Å²) in [6.45, 7) is 7.31. The van der Waals surface area contributed by atoms with Crippen molar-refractivity contribution in [2.24, 2.45) is 0 Å². The van der Waals surface area contributed by atoms with Crippen molar-refractivity contribution in [1.29, 1.82) is 0 Å². The normalized spacial score (nSPS) is 12.2. The third-order valence-electron chi connectivity index (χ3n) is 4.42. The van der Waals surface area contributed by atoms with Gasteiger partial charge in [0.05, 0.1) is 13.2 Å². The second kappa shape index (κ2) is 10.1. The molecule has 5 heteroatoms. The summed E-state index contributed by atoms with van der Waals surface area (Å²) in [4.78, 5) is 2.31. The van der Waals surface area contributed by atoms with Gasteiger partial charge in [0.2, 0.25) is 0 Å². The van der Waals surface area contributed by atoms with E-state index in [9.17, 15) is 5.11 Å². The lowest BCUT2D eigenvalue weighted by molar-refractivity contribution is -0.00533. The molecule has 0 radical (unpaired) electrons. The van der Waals surface area contributed by atoms with Crippen molar-refractivity contribution in [3.8, 4) is 0 Å². The summed E-state index contributed by atoms with van der Waals surface area (Å²) >= 11 is 1.72. The lowest BCUT2D eigenvalue weighted by atomic mass is 9.90. The van der Waals surface area contributed by atoms with Crippen LogP contribution in [0.2, 0.25) is 0 Å². The van der Waals surface area contributed by atoms with Crippen molar-refractivity contribution in [2.75, 3.05) is 20.3 Å². The number of hydrogen-bond acceptors (Lipinski definition) is 5. The number of furan rings is 1. The van der Waals surface area contributed by atoms with E-state index in [1.54, 1.807) is 18.4 Å². The van der Waals surface area contributed by atoms with Crippen LogP contribution in [-0.2, 0) is 23.4 Å². The average Bonchev–Trinajstić information content (AvgIpc) is 3.25. The zero-order valence-electron chi connectivity index (χ0n) is 15.7. The van der Waals surface area contributed by atoms with Crippen LogP contribution in [0, 0.1) is 0 Å². The van der Waals surface area contributed by atoms with Gasteiger partial charge in [0.1, 0.15) is 17.1 Å². The van der Waals surface area contributed by atoms with Crippen LogP contribution in [0.1, 0.15) is 56.6 Å². The monoisotopic (exact) mass is 365 g/mol. The van der Waals surface area contributed by atoms with Crippen molar-refractivity contribution < 1.29 is 14.3 Å². The van der Waals surface area contributed by atoms with Crippen LogP contribution in [0.25, 0.3) is 0 Å². The lowest BCUT2D eigenvalue weighted by Crippen LogP contribution is -2.26. The lowest BCUT2D eigenvalue weighted by Gasteiger charge is -2.25. The third kappa shape index (κ3) is 5.96. The summed E-state index contributed by atoms with van der Waals surface area (Å²) in [6.07, 6.45) is 3.33. The van der Waals surface area contributed by atoms with E-state index >= 15 is 0 Å². The molecule has 0 saturated carbocycles. The first kappa shape index (κ1) is 20.2. The van der Waals surface area contributed by atoms with E-state index in [1.165, 1.54) is 5.56 Å². The fourth-order valence-corrected chi connectivity index (χ4v) is 3.87. The largest absolute Gasteiger partial charge is 0.462 e. The summed E-state index contributed by atoms with van der Waals surface area (Å²) in [5.74, 6) is 1.60. The summed E-state index contributed by atoms with van der Waals surface area (Å²) in [5.41, 5.74) is 0.466. The SMILES string of the molecule is CCCC(O)(CCC)c1ccc(CN(CCOC)Cc2ccsc2)o1. The first-order valence-electron chi connectivity index (χ1n) is 9.15. The number of aliphatic hydroxyl groups is 1. The number of methoxy groups -OCH3 is 1. The molecule has 2 heterocycles. The second-order valence-corrected chi connectivity index (χ2v) is 7.41. The van der Waals surface area contributed by atoms with Crippen molar-refractivity contribution >= 4 is 11.3 Å². The average molecular weight is 366 g/mol. The molecule has 2 aromatic heterocycles. The molecule has 0 spiro atoms.